The van der Waals surface area contributed by atoms with Gasteiger partial charge in [0.05, 0.1) is 17.7 Å². The van der Waals surface area contributed by atoms with Gasteiger partial charge in [0, 0.05) is 17.8 Å². The van der Waals surface area contributed by atoms with Crippen LogP contribution in [0.25, 0.3) is 0 Å². The summed E-state index contributed by atoms with van der Waals surface area (Å²) in [6, 6.07) is 3.70. The van der Waals surface area contributed by atoms with Crippen molar-refractivity contribution in [3.63, 3.8) is 0 Å². The number of hydrogen-bond donors (Lipinski definition) is 3. The molecular weight excluding hydrogens is 467 g/mol. The molecule has 4 N–H and O–H groups in total. The van der Waals surface area contributed by atoms with E-state index in [0.717, 1.165) is 38.8 Å². The number of pyridine rings is 1. The van der Waals surface area contributed by atoms with Gasteiger partial charge in [-0.1, -0.05) is 6.07 Å². The van der Waals surface area contributed by atoms with Crippen LogP contribution in [-0.2, 0) is 6.54 Å². The minimum Gasteiger partial charge on any atom is -0.468 e. The molecule has 1 saturated heterocycles. The van der Waals surface area contributed by atoms with Crippen molar-refractivity contribution in [2.24, 2.45) is 16.6 Å². The van der Waals surface area contributed by atoms with Gasteiger partial charge in [0.25, 0.3) is 0 Å². The lowest BCUT2D eigenvalue weighted by atomic mass is 9.79. The molecule has 0 bridgehead atoms. The number of rotatable bonds is 8. The normalized spacial score (nSPS) is 28.5. The van der Waals surface area contributed by atoms with Crippen molar-refractivity contribution in [3.8, 4) is 5.88 Å². The molecule has 0 spiro atoms. The van der Waals surface area contributed by atoms with Crippen molar-refractivity contribution >= 4 is 5.96 Å². The molecule has 10 nitrogen and oxygen atoms in total. The van der Waals surface area contributed by atoms with Gasteiger partial charge in [-0.3, -0.25) is 15.8 Å². The predicted octanol–water partition coefficient (Wildman–Crippen LogP) is 2.50. The average molecular weight is 498 g/mol. The first-order valence-corrected chi connectivity index (χ1v) is 11.7. The lowest BCUT2D eigenvalue weighted by molar-refractivity contribution is -0.437. The number of nitrogens with zero attached hydrogens (tertiary/aromatic N) is 4. The number of likely N-dealkylation sites (tertiary alicyclic amines) is 1. The number of aromatic nitrogens is 1. The van der Waals surface area contributed by atoms with E-state index in [0.29, 0.717) is 18.0 Å². The zero-order chi connectivity index (χ0) is 25.1. The predicted molar refractivity (Wildman–Crippen MR) is 122 cm³/mol. The van der Waals surface area contributed by atoms with Crippen molar-refractivity contribution in [1.29, 1.82) is 0 Å². The van der Waals surface area contributed by atoms with E-state index in [-0.39, 0.29) is 30.0 Å². The third kappa shape index (κ3) is 6.40. The molecule has 3 heterocycles. The smallest absolute Gasteiger partial charge is 0.422 e. The first-order valence-electron chi connectivity index (χ1n) is 11.7. The highest BCUT2D eigenvalue weighted by molar-refractivity contribution is 5.83. The van der Waals surface area contributed by atoms with E-state index in [1.54, 1.807) is 12.1 Å². The summed E-state index contributed by atoms with van der Waals surface area (Å²) in [7, 11) is 0. The first-order chi connectivity index (χ1) is 16.6. The third-order valence-corrected chi connectivity index (χ3v) is 6.80. The highest BCUT2D eigenvalue weighted by Gasteiger charge is 2.45. The standard InChI is InChI=1S/C22H30F3N7O3/c23-22(24,25)14-35-19-16(3-1-8-27-19)12-28-20-29-13-18(32(33)34)21(26,30-20)11-15-4-6-17(7-5-15)31-9-2-10-31/h1,3,8,13,15,17H,2,4-7,9-12,14,26H2,(H2,28,29,30). The first kappa shape index (κ1) is 25.2. The Morgan fingerprint density at radius 2 is 2.06 bits per heavy atom. The monoisotopic (exact) mass is 497 g/mol. The number of nitro groups is 1. The quantitative estimate of drug-likeness (QED) is 0.369. The lowest BCUT2D eigenvalue weighted by Gasteiger charge is -2.43. The zero-order valence-electron chi connectivity index (χ0n) is 19.3. The summed E-state index contributed by atoms with van der Waals surface area (Å²) in [5.74, 6) is 0.246. The Hall–Kier alpha value is -2.93. The van der Waals surface area contributed by atoms with Crippen LogP contribution in [0.5, 0.6) is 5.88 Å². The molecule has 1 aromatic heterocycles. The summed E-state index contributed by atoms with van der Waals surface area (Å²) >= 11 is 0. The van der Waals surface area contributed by atoms with Crippen molar-refractivity contribution in [2.75, 3.05) is 19.7 Å². The number of hydrogen-bond acceptors (Lipinski definition) is 7. The van der Waals surface area contributed by atoms with E-state index in [2.05, 4.69) is 25.5 Å². The molecular formula is C22H30F3N7O3. The Labute approximate surface area is 201 Å². The molecule has 3 aliphatic rings. The molecule has 1 atom stereocenters. The highest BCUT2D eigenvalue weighted by Crippen LogP contribution is 2.35. The van der Waals surface area contributed by atoms with Crippen LogP contribution < -0.4 is 21.1 Å². The summed E-state index contributed by atoms with van der Waals surface area (Å²) in [6.07, 6.45) is 3.68. The largest absolute Gasteiger partial charge is 0.468 e. The summed E-state index contributed by atoms with van der Waals surface area (Å²) in [4.78, 5) is 21.9. The fourth-order valence-corrected chi connectivity index (χ4v) is 4.90. The molecule has 2 aliphatic heterocycles. The van der Waals surface area contributed by atoms with E-state index >= 15 is 0 Å². The molecule has 0 radical (unpaired) electrons. The number of ether oxygens (including phenoxy) is 1. The summed E-state index contributed by atoms with van der Waals surface area (Å²) in [5, 5.41) is 17.4. The molecule has 2 fully saturated rings. The fourth-order valence-electron chi connectivity index (χ4n) is 4.90. The van der Waals surface area contributed by atoms with Crippen LogP contribution in [-0.4, -0.2) is 58.3 Å². The van der Waals surface area contributed by atoms with Gasteiger partial charge in [-0.2, -0.15) is 13.2 Å². The van der Waals surface area contributed by atoms with Crippen LogP contribution in [0.4, 0.5) is 13.2 Å². The average Bonchev–Trinajstić information content (AvgIpc) is 2.76. The molecule has 1 saturated carbocycles. The summed E-state index contributed by atoms with van der Waals surface area (Å²) < 4.78 is 42.4. The lowest BCUT2D eigenvalue weighted by Crippen LogP contribution is -2.64. The van der Waals surface area contributed by atoms with Crippen molar-refractivity contribution in [1.82, 2.24) is 20.5 Å². The fraction of sp³-hybridized carbons (Fsp3) is 0.636. The Balaban J connectivity index is 1.42. The SMILES string of the molecule is NC1(CC2CCC(N3CCC3)CC2)NC(=NCc2cccnc2OCC(F)(F)F)NC=C1[N+](=O)[O-]. The van der Waals surface area contributed by atoms with Crippen LogP contribution >= 0.6 is 0 Å². The molecule has 35 heavy (non-hydrogen) atoms. The second-order valence-corrected chi connectivity index (χ2v) is 9.33. The summed E-state index contributed by atoms with van der Waals surface area (Å²) in [6.45, 7) is 0.772. The molecule has 1 aromatic rings. The molecule has 4 rings (SSSR count). The van der Waals surface area contributed by atoms with Gasteiger partial charge in [0.2, 0.25) is 5.88 Å². The van der Waals surface area contributed by atoms with Gasteiger partial charge in [-0.05, 0) is 63.6 Å². The minimum atomic E-state index is -4.50. The molecule has 0 amide bonds. The molecule has 0 aromatic carbocycles. The van der Waals surface area contributed by atoms with E-state index in [1.165, 1.54) is 18.8 Å². The maximum Gasteiger partial charge on any atom is 0.422 e. The van der Waals surface area contributed by atoms with Gasteiger partial charge < -0.3 is 20.3 Å². The number of nitrogens with one attached hydrogen (secondary N) is 2. The third-order valence-electron chi connectivity index (χ3n) is 6.80. The van der Waals surface area contributed by atoms with Crippen LogP contribution in [0.15, 0.2) is 35.2 Å². The second-order valence-electron chi connectivity index (χ2n) is 9.33. The minimum absolute atomic E-state index is 0.0605. The Morgan fingerprint density at radius 1 is 1.31 bits per heavy atom. The Morgan fingerprint density at radius 3 is 2.69 bits per heavy atom. The maximum absolute atomic E-state index is 12.5. The number of halogens is 3. The highest BCUT2D eigenvalue weighted by atomic mass is 19.4. The van der Waals surface area contributed by atoms with E-state index in [1.807, 2.05) is 0 Å². The van der Waals surface area contributed by atoms with E-state index < -0.39 is 23.4 Å². The number of nitrogens with two attached hydrogens (primary N) is 1. The van der Waals surface area contributed by atoms with E-state index in [4.69, 9.17) is 10.5 Å². The van der Waals surface area contributed by atoms with Crippen molar-refractivity contribution < 1.29 is 22.8 Å². The second kappa shape index (κ2) is 10.4. The maximum atomic E-state index is 12.5. The molecule has 13 heteroatoms. The van der Waals surface area contributed by atoms with Crippen LogP contribution in [0.2, 0.25) is 0 Å². The zero-order valence-corrected chi connectivity index (χ0v) is 19.3. The van der Waals surface area contributed by atoms with Crippen molar-refractivity contribution in [3.05, 3.63) is 45.9 Å². The van der Waals surface area contributed by atoms with Gasteiger partial charge in [-0.25, -0.2) is 9.98 Å². The number of aliphatic imine (C=N–C) groups is 1. The molecule has 192 valence electrons. The Kier molecular flexibility index (Phi) is 7.45. The van der Waals surface area contributed by atoms with Crippen molar-refractivity contribution in [2.45, 2.75) is 63.0 Å². The Bertz CT molecular complexity index is 975. The van der Waals surface area contributed by atoms with Crippen LogP contribution in [0.1, 0.15) is 44.1 Å². The number of guanidine groups is 1. The van der Waals surface area contributed by atoms with Crippen LogP contribution in [0.3, 0.4) is 0 Å². The topological polar surface area (TPSA) is 131 Å². The van der Waals surface area contributed by atoms with Crippen LogP contribution in [0, 0.1) is 16.0 Å². The number of alkyl halides is 3. The van der Waals surface area contributed by atoms with Gasteiger partial charge in [0.15, 0.2) is 18.2 Å². The van der Waals surface area contributed by atoms with Gasteiger partial charge in [0.1, 0.15) is 0 Å². The summed E-state index contributed by atoms with van der Waals surface area (Å²) in [5.41, 5.74) is 5.27. The molecule has 1 aliphatic carbocycles. The van der Waals surface area contributed by atoms with Gasteiger partial charge >= 0.3 is 11.9 Å². The molecule has 1 unspecified atom stereocenters. The van der Waals surface area contributed by atoms with E-state index in [9.17, 15) is 23.3 Å². The van der Waals surface area contributed by atoms with Gasteiger partial charge in [-0.15, -0.1) is 0 Å².